The molecule has 2 aromatic rings. The first kappa shape index (κ1) is 44.1. The number of aromatic nitrogens is 1. The van der Waals surface area contributed by atoms with Crippen LogP contribution in [0.3, 0.4) is 0 Å². The van der Waals surface area contributed by atoms with Crippen molar-refractivity contribution in [3.63, 3.8) is 0 Å². The molecular formula is C40H56BrNO11. The summed E-state index contributed by atoms with van der Waals surface area (Å²) in [6.45, 7) is 9.57. The normalized spacial score (nSPS) is 24.2. The number of carbonyl (C=O) groups is 2. The van der Waals surface area contributed by atoms with Gasteiger partial charge in [0.1, 0.15) is 23.8 Å². The first-order chi connectivity index (χ1) is 25.0. The number of aryl methyl sites for hydroxylation is 1. The molecule has 1 aliphatic heterocycles. The number of benzene rings is 1. The Kier molecular flexibility index (Phi) is 16.9. The zero-order valence-corrected chi connectivity index (χ0v) is 33.6. The van der Waals surface area contributed by atoms with E-state index in [2.05, 4.69) is 27.6 Å². The molecule has 3 N–H and O–H groups in total. The van der Waals surface area contributed by atoms with E-state index in [4.69, 9.17) is 33.5 Å². The summed E-state index contributed by atoms with van der Waals surface area (Å²) in [5.41, 5.74) is 0.0868. The van der Waals surface area contributed by atoms with Gasteiger partial charge in [-0.25, -0.2) is 14.6 Å². The number of carboxylic acid groups (broad SMARTS) is 1. The summed E-state index contributed by atoms with van der Waals surface area (Å²) in [6.07, 6.45) is 10.2. The molecule has 1 fully saturated rings. The summed E-state index contributed by atoms with van der Waals surface area (Å²) < 4.78 is 34.3. The number of rotatable bonds is 21. The summed E-state index contributed by atoms with van der Waals surface area (Å²) in [5, 5.41) is 30.6. The van der Waals surface area contributed by atoms with E-state index < -0.39 is 41.5 Å². The lowest BCUT2D eigenvalue weighted by molar-refractivity contribution is -0.160. The van der Waals surface area contributed by atoms with E-state index in [0.717, 1.165) is 29.4 Å². The molecule has 294 valence electrons. The van der Waals surface area contributed by atoms with Crippen molar-refractivity contribution in [2.45, 2.75) is 114 Å². The number of oxazole rings is 1. The standard InChI is InChI=1S/C40H56BrNO11/c1-25(21-32(49-7)36-35(45)37(41)40(5,53-36)20-10-9-19-39(4,47)38(46)50-8)11-17-33-42-30(24-52-33)27(3)22-31(26(2)12-18-34(43)44)51-23-28-13-15-29(48-6)16-14-28/h9-10,12-16,18,22,24-26,31-32,35-37,45,47H,11,17,19-21,23H2,1-8H3,(H,43,44)/b10-9-,18-12+,27-22+/t25-,26+,31+,32+,35-,36-,37+,39+,40-/m1/s1. The molecule has 1 aromatic carbocycles. The Hall–Kier alpha value is -3.33. The van der Waals surface area contributed by atoms with Crippen LogP contribution in [0.15, 0.2) is 65.3 Å². The Morgan fingerprint density at radius 1 is 1.15 bits per heavy atom. The maximum Gasteiger partial charge on any atom is 0.337 e. The van der Waals surface area contributed by atoms with E-state index in [1.165, 1.54) is 14.0 Å². The van der Waals surface area contributed by atoms with E-state index in [1.54, 1.807) is 32.6 Å². The number of ether oxygens (including phenoxy) is 5. The first-order valence-corrected chi connectivity index (χ1v) is 18.7. The Balaban J connectivity index is 1.60. The molecule has 0 spiro atoms. The molecule has 0 bridgehead atoms. The third-order valence-electron chi connectivity index (χ3n) is 9.64. The van der Waals surface area contributed by atoms with E-state index >= 15 is 0 Å². The number of aliphatic hydroxyl groups is 2. The van der Waals surface area contributed by atoms with Crippen LogP contribution in [-0.4, -0.2) is 94.0 Å². The second-order valence-electron chi connectivity index (χ2n) is 14.2. The molecular weight excluding hydrogens is 750 g/mol. The van der Waals surface area contributed by atoms with Crippen molar-refractivity contribution in [1.29, 1.82) is 0 Å². The molecule has 0 radical (unpaired) electrons. The predicted molar refractivity (Wildman–Crippen MR) is 204 cm³/mol. The average Bonchev–Trinajstić information content (AvgIpc) is 3.71. The molecule has 1 aromatic heterocycles. The fraction of sp³-hybridized carbons (Fsp3) is 0.575. The lowest BCUT2D eigenvalue weighted by Crippen LogP contribution is -2.39. The maximum absolute atomic E-state index is 11.8. The van der Waals surface area contributed by atoms with Gasteiger partial charge in [0.15, 0.2) is 11.5 Å². The van der Waals surface area contributed by atoms with Gasteiger partial charge in [-0.3, -0.25) is 0 Å². The van der Waals surface area contributed by atoms with Crippen molar-refractivity contribution < 1.29 is 53.0 Å². The van der Waals surface area contributed by atoms with Crippen molar-refractivity contribution >= 4 is 33.4 Å². The number of aliphatic hydroxyl groups excluding tert-OH is 1. The number of carboxylic acids is 1. The largest absolute Gasteiger partial charge is 0.497 e. The number of aliphatic carboxylic acids is 1. The Bertz CT molecular complexity index is 1550. The van der Waals surface area contributed by atoms with Crippen LogP contribution in [0.1, 0.15) is 77.5 Å². The van der Waals surface area contributed by atoms with Gasteiger partial charge in [0, 0.05) is 31.9 Å². The number of alkyl halides is 1. The average molecular weight is 807 g/mol. The molecule has 3 rings (SSSR count). The summed E-state index contributed by atoms with van der Waals surface area (Å²) in [6, 6.07) is 7.58. The number of halogens is 1. The number of allylic oxidation sites excluding steroid dienone is 1. The van der Waals surface area contributed by atoms with E-state index in [0.29, 0.717) is 37.5 Å². The number of hydrogen-bond donors (Lipinski definition) is 3. The second kappa shape index (κ2) is 20.4. The zero-order chi connectivity index (χ0) is 39.3. The number of nitrogens with zero attached hydrogens (tertiary/aromatic N) is 1. The van der Waals surface area contributed by atoms with Crippen LogP contribution in [0.25, 0.3) is 5.57 Å². The van der Waals surface area contributed by atoms with Crippen LogP contribution in [0.4, 0.5) is 0 Å². The van der Waals surface area contributed by atoms with E-state index in [1.807, 2.05) is 57.2 Å². The summed E-state index contributed by atoms with van der Waals surface area (Å²) >= 11 is 3.64. The minimum atomic E-state index is -1.63. The van der Waals surface area contributed by atoms with Gasteiger partial charge in [0.05, 0.1) is 49.6 Å². The van der Waals surface area contributed by atoms with Crippen LogP contribution in [0.2, 0.25) is 0 Å². The third kappa shape index (κ3) is 12.9. The maximum atomic E-state index is 11.8. The number of carbonyl (C=O) groups excluding carboxylic acids is 1. The van der Waals surface area contributed by atoms with Gasteiger partial charge in [0.2, 0.25) is 0 Å². The van der Waals surface area contributed by atoms with Gasteiger partial charge >= 0.3 is 11.9 Å². The summed E-state index contributed by atoms with van der Waals surface area (Å²) in [7, 11) is 4.46. The molecule has 0 amide bonds. The molecule has 12 nitrogen and oxygen atoms in total. The summed E-state index contributed by atoms with van der Waals surface area (Å²) in [5.74, 6) is -0.438. The van der Waals surface area contributed by atoms with Gasteiger partial charge in [-0.2, -0.15) is 0 Å². The van der Waals surface area contributed by atoms with Crippen LogP contribution in [-0.2, 0) is 41.6 Å². The smallest absolute Gasteiger partial charge is 0.337 e. The highest BCUT2D eigenvalue weighted by Gasteiger charge is 2.52. The van der Waals surface area contributed by atoms with Crippen molar-refractivity contribution in [1.82, 2.24) is 4.98 Å². The highest BCUT2D eigenvalue weighted by Crippen LogP contribution is 2.41. The Morgan fingerprint density at radius 3 is 2.47 bits per heavy atom. The van der Waals surface area contributed by atoms with Crippen LogP contribution < -0.4 is 4.74 Å². The lowest BCUT2D eigenvalue weighted by Gasteiger charge is -2.29. The van der Waals surface area contributed by atoms with Crippen molar-refractivity contribution in [2.24, 2.45) is 11.8 Å². The van der Waals surface area contributed by atoms with Crippen LogP contribution in [0.5, 0.6) is 5.75 Å². The second-order valence-corrected chi connectivity index (χ2v) is 15.2. The lowest BCUT2D eigenvalue weighted by atomic mass is 9.91. The number of esters is 1. The van der Waals surface area contributed by atoms with Crippen molar-refractivity contribution in [3.8, 4) is 5.75 Å². The van der Waals surface area contributed by atoms with Gasteiger partial charge in [0.25, 0.3) is 0 Å². The quantitative estimate of drug-likeness (QED) is 0.0546. The molecule has 1 aliphatic rings. The monoisotopic (exact) mass is 805 g/mol. The van der Waals surface area contributed by atoms with Crippen molar-refractivity contribution in [3.05, 3.63) is 78.1 Å². The van der Waals surface area contributed by atoms with E-state index in [9.17, 15) is 19.8 Å². The molecule has 53 heavy (non-hydrogen) atoms. The molecule has 9 atom stereocenters. The van der Waals surface area contributed by atoms with Gasteiger partial charge in [-0.05, 0) is 69.2 Å². The van der Waals surface area contributed by atoms with Crippen LogP contribution >= 0.6 is 15.9 Å². The van der Waals surface area contributed by atoms with Crippen LogP contribution in [0, 0.1) is 11.8 Å². The van der Waals surface area contributed by atoms with Gasteiger partial charge < -0.3 is 43.4 Å². The minimum absolute atomic E-state index is 0.0838. The van der Waals surface area contributed by atoms with E-state index in [-0.39, 0.29) is 29.2 Å². The molecule has 2 heterocycles. The predicted octanol–water partition coefficient (Wildman–Crippen LogP) is 6.46. The number of hydrogen-bond acceptors (Lipinski definition) is 11. The SMILES string of the molecule is COC(=O)[C@@](C)(O)C/C=C\C[C@@]1(C)O[C@H]([C@H](C[C@H](C)CCc2nc(/C(C)=C/[C@H](OCc3ccc(OC)cc3)[C@@H](C)/C=C/C(=O)O)co2)OC)[C@@H](O)[C@@H]1Br. The highest BCUT2D eigenvalue weighted by atomic mass is 79.9. The molecule has 0 aliphatic carbocycles. The minimum Gasteiger partial charge on any atom is -0.497 e. The van der Waals surface area contributed by atoms with Gasteiger partial charge in [-0.15, -0.1) is 0 Å². The Morgan fingerprint density at radius 2 is 1.85 bits per heavy atom. The highest BCUT2D eigenvalue weighted by molar-refractivity contribution is 9.09. The fourth-order valence-electron chi connectivity index (χ4n) is 6.16. The topological polar surface area (TPSA) is 167 Å². The fourth-order valence-corrected chi connectivity index (χ4v) is 6.76. The zero-order valence-electron chi connectivity index (χ0n) is 32.0. The first-order valence-electron chi connectivity index (χ1n) is 17.8. The third-order valence-corrected chi connectivity index (χ3v) is 11.2. The summed E-state index contributed by atoms with van der Waals surface area (Å²) in [4.78, 5) is 27.3. The van der Waals surface area contributed by atoms with Crippen molar-refractivity contribution in [2.75, 3.05) is 21.3 Å². The molecule has 1 saturated heterocycles. The molecule has 13 heteroatoms. The molecule has 0 unspecified atom stereocenters. The molecule has 0 saturated carbocycles. The van der Waals surface area contributed by atoms with Gasteiger partial charge in [-0.1, -0.05) is 66.2 Å². The number of methoxy groups -OCH3 is 3. The Labute approximate surface area is 321 Å².